The number of carbonyl (C=O) groups is 2. The Hall–Kier alpha value is -3.22. The second-order valence-corrected chi connectivity index (χ2v) is 5.26. The number of nitrogens with zero attached hydrogens (tertiary/aromatic N) is 2. The first-order valence-corrected chi connectivity index (χ1v) is 6.80. The molecule has 0 saturated carbocycles. The van der Waals surface area contributed by atoms with Crippen LogP contribution < -0.4 is 17.0 Å². The number of fused-ring (bicyclic) bond motifs is 1. The molecule has 7 heteroatoms. The van der Waals surface area contributed by atoms with E-state index in [1.807, 2.05) is 0 Å². The minimum absolute atomic E-state index is 0.0305. The van der Waals surface area contributed by atoms with Gasteiger partial charge in [-0.2, -0.15) is 0 Å². The number of allylic oxidation sites excluding steroid dienone is 1. The van der Waals surface area contributed by atoms with Gasteiger partial charge >= 0.3 is 5.69 Å². The van der Waals surface area contributed by atoms with Gasteiger partial charge in [0, 0.05) is 25.2 Å². The topological polar surface area (TPSA) is 104 Å². The van der Waals surface area contributed by atoms with Crippen molar-refractivity contribution in [2.24, 2.45) is 14.1 Å². The summed E-state index contributed by atoms with van der Waals surface area (Å²) in [6.07, 6.45) is 1.10. The van der Waals surface area contributed by atoms with Crippen LogP contribution >= 0.6 is 0 Å². The molecule has 7 nitrogen and oxygen atoms in total. The first-order valence-electron chi connectivity index (χ1n) is 6.80. The molecule has 0 bridgehead atoms. The third-order valence-corrected chi connectivity index (χ3v) is 3.94. The molecule has 0 atom stereocenters. The van der Waals surface area contributed by atoms with Crippen LogP contribution in [0.15, 0.2) is 39.9 Å². The average Bonchev–Trinajstić information content (AvgIpc) is 2.55. The Bertz CT molecular complexity index is 1020. The van der Waals surface area contributed by atoms with Gasteiger partial charge < -0.3 is 5.73 Å². The van der Waals surface area contributed by atoms with Gasteiger partial charge in [0.1, 0.15) is 5.82 Å². The van der Waals surface area contributed by atoms with E-state index in [0.717, 1.165) is 15.2 Å². The predicted octanol–water partition coefficient (Wildman–Crippen LogP) is -0.137. The number of aromatic nitrogens is 2. The Morgan fingerprint density at radius 1 is 0.913 bits per heavy atom. The third kappa shape index (κ3) is 1.97. The molecular formula is C16H13N3O4. The summed E-state index contributed by atoms with van der Waals surface area (Å²) in [6, 6.07) is 6.48. The maximum absolute atomic E-state index is 12.5. The van der Waals surface area contributed by atoms with Crippen LogP contribution in [0.1, 0.15) is 21.5 Å². The summed E-state index contributed by atoms with van der Waals surface area (Å²) in [5.74, 6) is -1.42. The van der Waals surface area contributed by atoms with E-state index in [4.69, 9.17) is 5.73 Å². The highest BCUT2D eigenvalue weighted by Crippen LogP contribution is 2.30. The monoisotopic (exact) mass is 311 g/mol. The number of nitrogens with two attached hydrogens (primary N) is 1. The molecule has 1 aliphatic carbocycles. The highest BCUT2D eigenvalue weighted by Gasteiger charge is 2.29. The number of benzene rings is 1. The van der Waals surface area contributed by atoms with E-state index >= 15 is 0 Å². The summed E-state index contributed by atoms with van der Waals surface area (Å²) in [7, 11) is 2.76. The van der Waals surface area contributed by atoms with Gasteiger partial charge in [0.25, 0.3) is 5.56 Å². The molecule has 0 saturated heterocycles. The summed E-state index contributed by atoms with van der Waals surface area (Å²) in [6.45, 7) is 0. The lowest BCUT2D eigenvalue weighted by atomic mass is 9.86. The zero-order valence-electron chi connectivity index (χ0n) is 12.5. The van der Waals surface area contributed by atoms with Gasteiger partial charge in [-0.15, -0.1) is 0 Å². The maximum Gasteiger partial charge on any atom is 0.332 e. The van der Waals surface area contributed by atoms with Crippen molar-refractivity contribution in [2.75, 3.05) is 5.73 Å². The Labute approximate surface area is 130 Å². The van der Waals surface area contributed by atoms with Crippen LogP contribution in [0.5, 0.6) is 0 Å². The number of hydrogen-bond acceptors (Lipinski definition) is 5. The minimum atomic E-state index is -0.728. The van der Waals surface area contributed by atoms with Crippen molar-refractivity contribution in [2.45, 2.75) is 0 Å². The summed E-state index contributed by atoms with van der Waals surface area (Å²) >= 11 is 0. The lowest BCUT2D eigenvalue weighted by Gasteiger charge is -2.18. The van der Waals surface area contributed by atoms with Gasteiger partial charge in [-0.1, -0.05) is 24.3 Å². The molecule has 0 amide bonds. The normalized spacial score (nSPS) is 13.7. The number of ketones is 2. The van der Waals surface area contributed by atoms with E-state index in [9.17, 15) is 19.2 Å². The molecule has 0 aliphatic heterocycles. The zero-order valence-corrected chi connectivity index (χ0v) is 12.5. The fourth-order valence-electron chi connectivity index (χ4n) is 2.64. The van der Waals surface area contributed by atoms with Crippen molar-refractivity contribution in [3.8, 4) is 0 Å². The number of nitrogen functional groups attached to an aromatic ring is 1. The second-order valence-electron chi connectivity index (χ2n) is 5.26. The molecule has 1 aromatic heterocycles. The predicted molar refractivity (Wildman–Crippen MR) is 84.2 cm³/mol. The molecule has 1 aliphatic rings. The van der Waals surface area contributed by atoms with Gasteiger partial charge in [0.05, 0.1) is 5.56 Å². The Balaban J connectivity index is 2.43. The van der Waals surface area contributed by atoms with E-state index < -0.39 is 22.8 Å². The summed E-state index contributed by atoms with van der Waals surface area (Å²) in [5, 5.41) is 0. The van der Waals surface area contributed by atoms with E-state index in [1.54, 1.807) is 18.2 Å². The van der Waals surface area contributed by atoms with Crippen molar-refractivity contribution in [3.63, 3.8) is 0 Å². The summed E-state index contributed by atoms with van der Waals surface area (Å²) < 4.78 is 2.04. The molecule has 0 radical (unpaired) electrons. The smallest absolute Gasteiger partial charge is 0.332 e. The molecule has 3 rings (SSSR count). The van der Waals surface area contributed by atoms with Gasteiger partial charge in [-0.3, -0.25) is 23.5 Å². The van der Waals surface area contributed by atoms with Crippen LogP contribution in [0.3, 0.4) is 0 Å². The van der Waals surface area contributed by atoms with Crippen molar-refractivity contribution < 1.29 is 9.59 Å². The number of hydrogen-bond donors (Lipinski definition) is 1. The molecule has 2 N–H and O–H groups in total. The standard InChI is InChI=1S/C16H13N3O4/c1-18-14(17)12(15(22)19(2)16(18)23)10-7-11(20)13(21)9-6-4-3-5-8(9)10/h3-7H,17H2,1-2H3. The molecule has 1 heterocycles. The minimum Gasteiger partial charge on any atom is -0.384 e. The molecule has 2 aromatic rings. The molecule has 23 heavy (non-hydrogen) atoms. The van der Waals surface area contributed by atoms with E-state index in [2.05, 4.69) is 0 Å². The van der Waals surface area contributed by atoms with Crippen LogP contribution in [0.2, 0.25) is 0 Å². The van der Waals surface area contributed by atoms with Gasteiger partial charge in [0.15, 0.2) is 0 Å². The van der Waals surface area contributed by atoms with Crippen LogP contribution in [-0.2, 0) is 18.9 Å². The summed E-state index contributed by atoms with van der Waals surface area (Å²) in [5.41, 5.74) is 5.69. The first-order chi connectivity index (χ1) is 10.8. The van der Waals surface area contributed by atoms with Gasteiger partial charge in [-0.05, 0) is 11.6 Å². The molecule has 116 valence electrons. The Kier molecular flexibility index (Phi) is 3.14. The first kappa shape index (κ1) is 14.7. The van der Waals surface area contributed by atoms with Crippen molar-refractivity contribution in [3.05, 3.63) is 67.9 Å². The molecule has 0 fully saturated rings. The highest BCUT2D eigenvalue weighted by molar-refractivity contribution is 6.51. The van der Waals surface area contributed by atoms with Crippen LogP contribution in [0, 0.1) is 0 Å². The van der Waals surface area contributed by atoms with Crippen molar-refractivity contribution in [1.82, 2.24) is 9.13 Å². The average molecular weight is 311 g/mol. The second kappa shape index (κ2) is 4.91. The fourth-order valence-corrected chi connectivity index (χ4v) is 2.64. The van der Waals surface area contributed by atoms with E-state index in [1.165, 1.54) is 20.2 Å². The molecule has 0 unspecified atom stereocenters. The molecule has 1 aromatic carbocycles. The lowest BCUT2D eigenvalue weighted by molar-refractivity contribution is -0.111. The number of Topliss-reactive ketones (excluding diaryl/α,β-unsaturated/α-hetero) is 1. The SMILES string of the molecule is Cn1c(N)c(C2=CC(=O)C(=O)c3ccccc32)c(=O)n(C)c1=O. The highest BCUT2D eigenvalue weighted by atomic mass is 16.2. The number of rotatable bonds is 1. The van der Waals surface area contributed by atoms with Gasteiger partial charge in [-0.25, -0.2) is 4.79 Å². The lowest BCUT2D eigenvalue weighted by Crippen LogP contribution is -2.40. The van der Waals surface area contributed by atoms with Crippen LogP contribution in [0.25, 0.3) is 5.57 Å². The maximum atomic E-state index is 12.5. The molecular weight excluding hydrogens is 298 g/mol. The number of carbonyl (C=O) groups excluding carboxylic acids is 2. The largest absolute Gasteiger partial charge is 0.384 e. The Morgan fingerprint density at radius 3 is 2.17 bits per heavy atom. The molecule has 0 spiro atoms. The number of anilines is 1. The fraction of sp³-hybridized carbons (Fsp3) is 0.125. The van der Waals surface area contributed by atoms with Crippen molar-refractivity contribution >= 4 is 23.0 Å². The van der Waals surface area contributed by atoms with Crippen molar-refractivity contribution in [1.29, 1.82) is 0 Å². The van der Waals surface area contributed by atoms with Crippen LogP contribution in [-0.4, -0.2) is 20.7 Å². The van der Waals surface area contributed by atoms with Crippen LogP contribution in [0.4, 0.5) is 5.82 Å². The quantitative estimate of drug-likeness (QED) is 0.738. The van der Waals surface area contributed by atoms with E-state index in [0.29, 0.717) is 5.56 Å². The van der Waals surface area contributed by atoms with E-state index in [-0.39, 0.29) is 22.5 Å². The zero-order chi connectivity index (χ0) is 16.9. The summed E-state index contributed by atoms with van der Waals surface area (Å²) in [4.78, 5) is 48.3. The van der Waals surface area contributed by atoms with Gasteiger partial charge in [0.2, 0.25) is 11.6 Å². The third-order valence-electron chi connectivity index (χ3n) is 3.94. The Morgan fingerprint density at radius 2 is 1.52 bits per heavy atom.